The zero-order valence-electron chi connectivity index (χ0n) is 37.6. The monoisotopic (exact) mass is 842 g/mol. The summed E-state index contributed by atoms with van der Waals surface area (Å²) < 4.78 is 2.44. The van der Waals surface area contributed by atoms with Crippen LogP contribution in [0.15, 0.2) is 199 Å². The summed E-state index contributed by atoms with van der Waals surface area (Å²) in [5.74, 6) is 7.40. The van der Waals surface area contributed by atoms with Gasteiger partial charge in [-0.3, -0.25) is 4.99 Å². The summed E-state index contributed by atoms with van der Waals surface area (Å²) in [6, 6.07) is 66.9. The second-order valence-corrected chi connectivity index (χ2v) is 17.5. The molecule has 1 aromatic heterocycles. The number of nitrogens with zero attached hydrogens (tertiary/aromatic N) is 2. The Labute approximate surface area is 382 Å². The van der Waals surface area contributed by atoms with E-state index >= 15 is 0 Å². The predicted octanol–water partition coefficient (Wildman–Crippen LogP) is 15.1. The highest BCUT2D eigenvalue weighted by molar-refractivity contribution is 6.12. The van der Waals surface area contributed by atoms with Crippen LogP contribution in [-0.2, 0) is 6.42 Å². The van der Waals surface area contributed by atoms with E-state index in [-0.39, 0.29) is 6.04 Å². The first kappa shape index (κ1) is 41.5. The average molecular weight is 843 g/mol. The molecule has 4 heteroatoms. The number of aryl methyl sites for hydroxylation is 3. The van der Waals surface area contributed by atoms with Crippen LogP contribution >= 0.6 is 0 Å². The van der Waals surface area contributed by atoms with E-state index < -0.39 is 0 Å². The summed E-state index contributed by atoms with van der Waals surface area (Å²) in [6.45, 7) is 9.01. The van der Waals surface area contributed by atoms with Crippen molar-refractivity contribution in [3.8, 4) is 16.8 Å². The third-order valence-electron chi connectivity index (χ3n) is 13.3. The first-order valence-corrected chi connectivity index (χ1v) is 22.9. The Morgan fingerprint density at radius 3 is 2.06 bits per heavy atom. The highest BCUT2D eigenvalue weighted by Gasteiger charge is 2.21. The number of amidine groups is 1. The Morgan fingerprint density at radius 1 is 0.585 bits per heavy atom. The summed E-state index contributed by atoms with van der Waals surface area (Å²) in [6.07, 6.45) is 6.99. The third-order valence-corrected chi connectivity index (χ3v) is 13.3. The second kappa shape index (κ2) is 17.9. The first-order chi connectivity index (χ1) is 31.9. The molecule has 0 saturated carbocycles. The van der Waals surface area contributed by atoms with E-state index in [9.17, 15) is 0 Å². The molecular weight excluding hydrogens is 789 g/mol. The van der Waals surface area contributed by atoms with E-state index in [1.807, 2.05) is 36.4 Å². The minimum Gasteiger partial charge on any atom is -0.309 e. The molecule has 9 aromatic carbocycles. The zero-order valence-corrected chi connectivity index (χ0v) is 37.6. The normalized spacial score (nSPS) is 13.0. The van der Waals surface area contributed by atoms with Gasteiger partial charge in [-0.2, -0.15) is 0 Å². The minimum absolute atomic E-state index is 0.292. The number of aromatic nitrogens is 1. The number of allylic oxidation sites excluding steroid dienone is 1. The molecule has 65 heavy (non-hydrogen) atoms. The lowest BCUT2D eigenvalue weighted by atomic mass is 9.89. The Kier molecular flexibility index (Phi) is 11.4. The van der Waals surface area contributed by atoms with Crippen molar-refractivity contribution in [2.75, 3.05) is 0 Å². The molecule has 0 saturated heterocycles. The number of hydrogen-bond donors (Lipinski definition) is 2. The fourth-order valence-electron chi connectivity index (χ4n) is 10.0. The standard InChI is InChI=1S/C48H38N4.C13H16/c1-31-29-46-43(30-42(31)37-28-27-33-15-9-10-20-36(33)32(37)2)40-21-11-12-25-44(40)52(46)45-26-14-22-38-39(45)23-13-24-41(38)47(34-16-5-3-6-17-34)50-48(51-49)35-18-7-4-8-19-35;1-10(2)12-9-5-7-11-6-3-4-8-13(11)12/h3-30,47H,49H2,1-2H3,(H,50,51);4-5,7-10H,3,6H2,1-2H3. The largest absolute Gasteiger partial charge is 0.309 e. The van der Waals surface area contributed by atoms with Gasteiger partial charge in [0.1, 0.15) is 11.9 Å². The molecule has 0 spiro atoms. The number of nitrogens with two attached hydrogens (primary N) is 1. The maximum atomic E-state index is 6.12. The highest BCUT2D eigenvalue weighted by atomic mass is 15.3. The maximum Gasteiger partial charge on any atom is 0.143 e. The molecule has 3 N–H and O–H groups in total. The highest BCUT2D eigenvalue weighted by Crippen LogP contribution is 2.41. The van der Waals surface area contributed by atoms with Gasteiger partial charge in [-0.1, -0.05) is 190 Å². The van der Waals surface area contributed by atoms with Gasteiger partial charge in [0.2, 0.25) is 0 Å². The Hall–Kier alpha value is -7.53. The summed E-state index contributed by atoms with van der Waals surface area (Å²) in [4.78, 5) is 5.30. The van der Waals surface area contributed by atoms with Crippen LogP contribution in [0, 0.1) is 13.8 Å². The van der Waals surface area contributed by atoms with Gasteiger partial charge in [0.25, 0.3) is 0 Å². The van der Waals surface area contributed by atoms with Crippen LogP contribution < -0.4 is 11.3 Å². The third kappa shape index (κ3) is 7.81. The number of fused-ring (bicyclic) bond motifs is 6. The van der Waals surface area contributed by atoms with Gasteiger partial charge < -0.3 is 9.99 Å². The summed E-state index contributed by atoms with van der Waals surface area (Å²) in [5, 5.41) is 7.35. The molecule has 0 bridgehead atoms. The summed E-state index contributed by atoms with van der Waals surface area (Å²) >= 11 is 0. The molecule has 11 rings (SSSR count). The fourth-order valence-corrected chi connectivity index (χ4v) is 10.0. The van der Waals surface area contributed by atoms with Gasteiger partial charge in [0.15, 0.2) is 0 Å². The fraction of sp³-hybridized carbons (Fsp3) is 0.131. The van der Waals surface area contributed by atoms with Crippen LogP contribution in [0.5, 0.6) is 0 Å². The van der Waals surface area contributed by atoms with Crippen LogP contribution in [0.4, 0.5) is 0 Å². The van der Waals surface area contributed by atoms with Gasteiger partial charge in [-0.15, -0.1) is 0 Å². The van der Waals surface area contributed by atoms with E-state index in [1.165, 1.54) is 84.4 Å². The van der Waals surface area contributed by atoms with Crippen LogP contribution in [0.1, 0.15) is 76.7 Å². The molecule has 1 aliphatic rings. The molecule has 0 radical (unpaired) electrons. The first-order valence-electron chi connectivity index (χ1n) is 22.9. The van der Waals surface area contributed by atoms with E-state index in [0.29, 0.717) is 11.8 Å². The molecule has 0 fully saturated rings. The quantitative estimate of drug-likeness (QED) is 0.0727. The average Bonchev–Trinajstić information content (AvgIpc) is 3.67. The molecule has 10 aromatic rings. The molecule has 1 aliphatic carbocycles. The zero-order chi connectivity index (χ0) is 44.4. The van der Waals surface area contributed by atoms with Gasteiger partial charge in [-0.25, -0.2) is 5.84 Å². The lowest BCUT2D eigenvalue weighted by Gasteiger charge is -2.20. The molecule has 1 unspecified atom stereocenters. The van der Waals surface area contributed by atoms with Gasteiger partial charge in [0.05, 0.1) is 16.7 Å². The number of hydrogen-bond acceptors (Lipinski definition) is 2. The van der Waals surface area contributed by atoms with Crippen molar-refractivity contribution < 1.29 is 0 Å². The van der Waals surface area contributed by atoms with E-state index in [0.717, 1.165) is 33.2 Å². The van der Waals surface area contributed by atoms with Gasteiger partial charge in [-0.05, 0) is 123 Å². The Balaban J connectivity index is 0.000000329. The number of aliphatic imine (C=N–C) groups is 1. The molecule has 1 heterocycles. The summed E-state index contributed by atoms with van der Waals surface area (Å²) in [5.41, 5.74) is 19.1. The second-order valence-electron chi connectivity index (χ2n) is 17.5. The number of nitrogens with one attached hydrogen (secondary N) is 1. The van der Waals surface area contributed by atoms with Crippen molar-refractivity contribution in [3.63, 3.8) is 0 Å². The number of hydrazine groups is 1. The van der Waals surface area contributed by atoms with Crippen molar-refractivity contribution in [1.29, 1.82) is 0 Å². The number of rotatable bonds is 7. The summed E-state index contributed by atoms with van der Waals surface area (Å²) in [7, 11) is 0. The topological polar surface area (TPSA) is 55.3 Å². The molecule has 4 nitrogen and oxygen atoms in total. The smallest absolute Gasteiger partial charge is 0.143 e. The molecular formula is C61H54N4. The van der Waals surface area contributed by atoms with Crippen LogP contribution in [0.3, 0.4) is 0 Å². The van der Waals surface area contributed by atoms with Crippen molar-refractivity contribution in [3.05, 3.63) is 239 Å². The van der Waals surface area contributed by atoms with Gasteiger partial charge in [0, 0.05) is 21.7 Å². The van der Waals surface area contributed by atoms with Crippen LogP contribution in [-0.4, -0.2) is 10.4 Å². The van der Waals surface area contributed by atoms with Crippen LogP contribution in [0.2, 0.25) is 0 Å². The maximum absolute atomic E-state index is 6.12. The van der Waals surface area contributed by atoms with Crippen molar-refractivity contribution in [2.24, 2.45) is 10.8 Å². The van der Waals surface area contributed by atoms with Crippen molar-refractivity contribution in [1.82, 2.24) is 9.99 Å². The van der Waals surface area contributed by atoms with E-state index in [1.54, 1.807) is 0 Å². The van der Waals surface area contributed by atoms with E-state index in [4.69, 9.17) is 10.8 Å². The lowest BCUT2D eigenvalue weighted by Crippen LogP contribution is -2.31. The Morgan fingerprint density at radius 2 is 1.26 bits per heavy atom. The van der Waals surface area contributed by atoms with Gasteiger partial charge >= 0.3 is 0 Å². The molecule has 0 aliphatic heterocycles. The van der Waals surface area contributed by atoms with Crippen LogP contribution in [0.25, 0.3) is 66.2 Å². The van der Waals surface area contributed by atoms with Crippen molar-refractivity contribution in [2.45, 2.75) is 52.5 Å². The SMILES string of the molecule is CC(C)c1cccc2c1C=CCC2.Cc1cc2c(cc1-c1ccc3ccccc3c1C)c1ccccc1n2-c1cccc2c(C(N=C(NN)c3ccccc3)c3ccccc3)cccc12. The predicted molar refractivity (Wildman–Crippen MR) is 277 cm³/mol. The minimum atomic E-state index is -0.292. The lowest BCUT2D eigenvalue weighted by molar-refractivity contribution is 0.852. The molecule has 1 atom stereocenters. The van der Waals surface area contributed by atoms with E-state index in [2.05, 4.69) is 201 Å². The number of benzene rings is 9. The number of para-hydroxylation sites is 1. The Bertz CT molecular complexity index is 3410. The molecule has 318 valence electrons. The van der Waals surface area contributed by atoms with Crippen molar-refractivity contribution >= 4 is 55.3 Å². The molecule has 0 amide bonds.